The largest absolute Gasteiger partial charge is 0.493 e. The molecule has 168 valence electrons. The zero-order valence-corrected chi connectivity index (χ0v) is 19.1. The van der Waals surface area contributed by atoms with Crippen LogP contribution < -0.4 is 9.47 Å². The third-order valence-corrected chi connectivity index (χ3v) is 5.97. The first-order valence-corrected chi connectivity index (χ1v) is 10.9. The Hall–Kier alpha value is -2.96. The highest BCUT2D eigenvalue weighted by atomic mass is 35.5. The predicted molar refractivity (Wildman–Crippen MR) is 122 cm³/mol. The lowest BCUT2D eigenvalue weighted by molar-refractivity contribution is -0.140. The van der Waals surface area contributed by atoms with Crippen molar-refractivity contribution >= 4 is 17.6 Å². The van der Waals surface area contributed by atoms with E-state index >= 15 is 0 Å². The minimum absolute atomic E-state index is 0.227. The Balaban J connectivity index is 1.82. The lowest BCUT2D eigenvalue weighted by atomic mass is 9.98. The molecule has 2 atom stereocenters. The molecule has 0 aliphatic carbocycles. The van der Waals surface area contributed by atoms with Gasteiger partial charge in [-0.15, -0.1) is 0 Å². The average Bonchev–Trinajstić information content (AvgIpc) is 3.25. The van der Waals surface area contributed by atoms with E-state index in [2.05, 4.69) is 4.57 Å². The van der Waals surface area contributed by atoms with Gasteiger partial charge in [-0.2, -0.15) is 0 Å². The van der Waals surface area contributed by atoms with Gasteiger partial charge in [0, 0.05) is 28.8 Å². The van der Waals surface area contributed by atoms with E-state index in [9.17, 15) is 4.79 Å². The number of ether oxygens (including phenoxy) is 4. The van der Waals surface area contributed by atoms with E-state index in [1.807, 2.05) is 54.7 Å². The monoisotopic (exact) mass is 455 g/mol. The summed E-state index contributed by atoms with van der Waals surface area (Å²) in [6.45, 7) is 0. The van der Waals surface area contributed by atoms with E-state index in [0.717, 1.165) is 22.5 Å². The summed E-state index contributed by atoms with van der Waals surface area (Å²) in [5.74, 6) is 1.02. The molecule has 2 heterocycles. The van der Waals surface area contributed by atoms with Gasteiger partial charge in [0.1, 0.15) is 6.10 Å². The van der Waals surface area contributed by atoms with Crippen LogP contribution in [0.2, 0.25) is 5.02 Å². The molecule has 7 heteroatoms. The van der Waals surface area contributed by atoms with E-state index < -0.39 is 6.10 Å². The van der Waals surface area contributed by atoms with Gasteiger partial charge in [-0.3, -0.25) is 4.79 Å². The highest BCUT2D eigenvalue weighted by Crippen LogP contribution is 2.46. The quantitative estimate of drug-likeness (QED) is 0.431. The summed E-state index contributed by atoms with van der Waals surface area (Å²) in [7, 11) is 4.64. The van der Waals surface area contributed by atoms with Crippen molar-refractivity contribution < 1.29 is 23.7 Å². The van der Waals surface area contributed by atoms with E-state index in [4.69, 9.17) is 30.5 Å². The first kappa shape index (κ1) is 22.2. The molecule has 1 aromatic heterocycles. The molecule has 0 radical (unpaired) electrons. The lowest BCUT2D eigenvalue weighted by Gasteiger charge is -2.25. The van der Waals surface area contributed by atoms with Crippen LogP contribution in [-0.2, 0) is 14.3 Å². The first-order valence-electron chi connectivity index (χ1n) is 10.5. The Morgan fingerprint density at radius 1 is 1.06 bits per heavy atom. The number of nitrogens with zero attached hydrogens (tertiary/aromatic N) is 1. The first-order chi connectivity index (χ1) is 15.6. The number of aromatic nitrogens is 1. The molecule has 3 aromatic rings. The maximum absolute atomic E-state index is 11.7. The van der Waals surface area contributed by atoms with E-state index in [0.29, 0.717) is 35.8 Å². The van der Waals surface area contributed by atoms with Crippen molar-refractivity contribution in [2.75, 3.05) is 21.3 Å². The standard InChI is InChI=1S/C25H26ClNO5/c1-29-22-10-4-7-17(25(22)31-3)24-18-15-16(26)12-13-19(18)27-14-6-8-20(27)21(32-24)9-5-11-23(28)30-2/h4,6-8,10,12-15,21,24H,5,9,11H2,1-3H3/t21-,24-/m1/s1. The van der Waals surface area contributed by atoms with Gasteiger partial charge in [0.25, 0.3) is 0 Å². The molecular weight excluding hydrogens is 430 g/mol. The second-order valence-electron chi connectivity index (χ2n) is 7.56. The van der Waals surface area contributed by atoms with Crippen LogP contribution in [0.4, 0.5) is 0 Å². The van der Waals surface area contributed by atoms with Crippen molar-refractivity contribution in [3.8, 4) is 17.2 Å². The van der Waals surface area contributed by atoms with Gasteiger partial charge >= 0.3 is 5.97 Å². The molecule has 1 aliphatic rings. The SMILES string of the molecule is COC(=O)CCC[C@H]1O[C@H](c2cccc(OC)c2OC)c2cc(Cl)ccc2-n2cccc21. The van der Waals surface area contributed by atoms with Crippen molar-refractivity contribution in [1.82, 2.24) is 4.57 Å². The smallest absolute Gasteiger partial charge is 0.305 e. The van der Waals surface area contributed by atoms with Gasteiger partial charge in [-0.05, 0) is 49.2 Å². The average molecular weight is 456 g/mol. The number of benzene rings is 2. The van der Waals surface area contributed by atoms with Gasteiger partial charge < -0.3 is 23.5 Å². The number of methoxy groups -OCH3 is 3. The number of halogens is 1. The molecule has 0 unspecified atom stereocenters. The van der Waals surface area contributed by atoms with Crippen LogP contribution >= 0.6 is 11.6 Å². The molecule has 0 bridgehead atoms. The number of carbonyl (C=O) groups excluding carboxylic acids is 1. The summed E-state index contributed by atoms with van der Waals surface area (Å²) >= 11 is 6.41. The van der Waals surface area contributed by atoms with E-state index in [1.54, 1.807) is 14.2 Å². The minimum atomic E-state index is -0.447. The Bertz CT molecular complexity index is 1110. The maximum Gasteiger partial charge on any atom is 0.305 e. The third kappa shape index (κ3) is 4.20. The van der Waals surface area contributed by atoms with Crippen molar-refractivity contribution in [2.24, 2.45) is 0 Å². The topological polar surface area (TPSA) is 58.9 Å². The third-order valence-electron chi connectivity index (χ3n) is 5.73. The number of carbonyl (C=O) groups is 1. The molecule has 4 rings (SSSR count). The van der Waals surface area contributed by atoms with Crippen LogP contribution in [0.25, 0.3) is 5.69 Å². The summed E-state index contributed by atoms with van der Waals surface area (Å²) in [4.78, 5) is 11.7. The zero-order valence-electron chi connectivity index (χ0n) is 18.3. The van der Waals surface area contributed by atoms with Crippen LogP contribution in [-0.4, -0.2) is 31.9 Å². The Morgan fingerprint density at radius 2 is 1.91 bits per heavy atom. The highest BCUT2D eigenvalue weighted by molar-refractivity contribution is 6.30. The normalized spacial score (nSPS) is 17.1. The summed E-state index contributed by atoms with van der Waals surface area (Å²) in [6, 6.07) is 15.6. The summed E-state index contributed by atoms with van der Waals surface area (Å²) in [6.07, 6.45) is 2.96. The number of fused-ring (bicyclic) bond motifs is 3. The predicted octanol–water partition coefficient (Wildman–Crippen LogP) is 5.65. The molecule has 32 heavy (non-hydrogen) atoms. The molecule has 0 spiro atoms. The molecule has 0 saturated heterocycles. The molecule has 2 aromatic carbocycles. The van der Waals surface area contributed by atoms with Crippen LogP contribution in [0.1, 0.15) is 48.3 Å². The minimum Gasteiger partial charge on any atom is -0.493 e. The van der Waals surface area contributed by atoms with Crippen LogP contribution in [0.5, 0.6) is 11.5 Å². The van der Waals surface area contributed by atoms with Gasteiger partial charge in [-0.25, -0.2) is 0 Å². The van der Waals surface area contributed by atoms with Crippen molar-refractivity contribution in [1.29, 1.82) is 0 Å². The van der Waals surface area contributed by atoms with Crippen LogP contribution in [0, 0.1) is 0 Å². The molecule has 0 fully saturated rings. The Morgan fingerprint density at radius 3 is 2.66 bits per heavy atom. The maximum atomic E-state index is 11.7. The highest BCUT2D eigenvalue weighted by Gasteiger charge is 2.32. The van der Waals surface area contributed by atoms with Gasteiger partial charge in [0.05, 0.1) is 38.8 Å². The molecule has 0 saturated carbocycles. The zero-order chi connectivity index (χ0) is 22.7. The second kappa shape index (κ2) is 9.67. The molecule has 1 aliphatic heterocycles. The summed E-state index contributed by atoms with van der Waals surface area (Å²) in [5.41, 5.74) is 3.78. The van der Waals surface area contributed by atoms with Crippen molar-refractivity contribution in [3.63, 3.8) is 0 Å². The van der Waals surface area contributed by atoms with E-state index in [1.165, 1.54) is 7.11 Å². The fourth-order valence-electron chi connectivity index (χ4n) is 4.25. The van der Waals surface area contributed by atoms with Crippen LogP contribution in [0.15, 0.2) is 54.7 Å². The van der Waals surface area contributed by atoms with E-state index in [-0.39, 0.29) is 12.1 Å². The Labute approximate surface area is 192 Å². The fraction of sp³-hybridized carbons (Fsp3) is 0.320. The molecular formula is C25H26ClNO5. The number of para-hydroxylation sites is 1. The van der Waals surface area contributed by atoms with Crippen LogP contribution in [0.3, 0.4) is 0 Å². The van der Waals surface area contributed by atoms with Gasteiger partial charge in [0.15, 0.2) is 11.5 Å². The molecule has 0 N–H and O–H groups in total. The Kier molecular flexibility index (Phi) is 6.72. The number of hydrogen-bond acceptors (Lipinski definition) is 5. The molecule has 0 amide bonds. The fourth-order valence-corrected chi connectivity index (χ4v) is 4.43. The molecule has 6 nitrogen and oxygen atoms in total. The number of rotatable bonds is 7. The van der Waals surface area contributed by atoms with Crippen molar-refractivity contribution in [2.45, 2.75) is 31.5 Å². The second-order valence-corrected chi connectivity index (χ2v) is 8.00. The van der Waals surface area contributed by atoms with Gasteiger partial charge in [-0.1, -0.05) is 23.7 Å². The van der Waals surface area contributed by atoms with Crippen molar-refractivity contribution in [3.05, 3.63) is 76.6 Å². The summed E-state index contributed by atoms with van der Waals surface area (Å²) in [5, 5.41) is 0.622. The van der Waals surface area contributed by atoms with Gasteiger partial charge in [0.2, 0.25) is 0 Å². The lowest BCUT2D eigenvalue weighted by Crippen LogP contribution is -2.12. The summed E-state index contributed by atoms with van der Waals surface area (Å²) < 4.78 is 24.9. The number of hydrogen-bond donors (Lipinski definition) is 0. The number of esters is 1.